The van der Waals surface area contributed by atoms with Crippen LogP contribution < -0.4 is 32.3 Å². The number of carbonyl (C=O) groups excluding carboxylic acids is 5. The summed E-state index contributed by atoms with van der Waals surface area (Å²) in [7, 11) is 5.58. The number of anilines is 1. The summed E-state index contributed by atoms with van der Waals surface area (Å²) in [5, 5.41) is 13.1. The van der Waals surface area contributed by atoms with Crippen LogP contribution in [0.1, 0.15) is 44.0 Å². The Morgan fingerprint density at radius 1 is 0.972 bits per heavy atom. The molecule has 0 aromatic heterocycles. The average molecular weight is 521 g/mol. The van der Waals surface area contributed by atoms with Gasteiger partial charge in [-0.15, -0.1) is 11.6 Å². The van der Waals surface area contributed by atoms with Gasteiger partial charge in [0.1, 0.15) is 18.0 Å². The highest BCUT2D eigenvalue weighted by Crippen LogP contribution is 2.12. The summed E-state index contributed by atoms with van der Waals surface area (Å²) < 4.78 is 0. The second-order valence-electron chi connectivity index (χ2n) is 8.59. The summed E-state index contributed by atoms with van der Waals surface area (Å²) in [6, 6.07) is 3.26. The molecule has 0 aliphatic heterocycles. The first-order valence-corrected chi connectivity index (χ1v) is 12.1. The maximum absolute atomic E-state index is 13.1. The van der Waals surface area contributed by atoms with Crippen LogP contribution in [0.3, 0.4) is 0 Å². The number of rotatable bonds is 14. The third-order valence-corrected chi connectivity index (χ3v) is 5.37. The Morgan fingerprint density at radius 2 is 1.61 bits per heavy atom. The molecular weight excluding hydrogens is 487 g/mol. The van der Waals surface area contributed by atoms with Crippen molar-refractivity contribution < 1.29 is 24.0 Å². The molecule has 3 atom stereocenters. The van der Waals surface area contributed by atoms with E-state index < -0.39 is 35.8 Å². The van der Waals surface area contributed by atoms with Gasteiger partial charge in [-0.25, -0.2) is 4.79 Å². The molecule has 0 saturated carbocycles. The fourth-order valence-electron chi connectivity index (χ4n) is 3.11. The maximum atomic E-state index is 13.1. The summed E-state index contributed by atoms with van der Waals surface area (Å²) in [5.41, 5.74) is 5.81. The molecule has 1 rings (SSSR count). The number of hydrogen-bond donors (Lipinski definition) is 6. The van der Waals surface area contributed by atoms with Gasteiger partial charge in [-0.3, -0.25) is 19.2 Å². The van der Waals surface area contributed by atoms with Gasteiger partial charge < -0.3 is 32.3 Å². The third-order valence-electron chi connectivity index (χ3n) is 5.13. The summed E-state index contributed by atoms with van der Waals surface area (Å²) in [5.74, 6) is -2.33. The Hall–Kier alpha value is -3.28. The van der Waals surface area contributed by atoms with Gasteiger partial charge in [0.15, 0.2) is 0 Å². The minimum atomic E-state index is -0.931. The van der Waals surface area contributed by atoms with E-state index in [9.17, 15) is 24.0 Å². The van der Waals surface area contributed by atoms with Gasteiger partial charge in [-0.1, -0.05) is 20.2 Å². The van der Waals surface area contributed by atoms with Gasteiger partial charge in [0, 0.05) is 23.8 Å². The predicted molar refractivity (Wildman–Crippen MR) is 139 cm³/mol. The van der Waals surface area contributed by atoms with Crippen molar-refractivity contribution in [3.8, 4) is 0 Å². The first-order valence-electron chi connectivity index (χ1n) is 11.6. The van der Waals surface area contributed by atoms with Crippen LogP contribution in [0.25, 0.3) is 0 Å². The van der Waals surface area contributed by atoms with Gasteiger partial charge in [0.25, 0.3) is 5.91 Å². The number of halogens is 1. The van der Waals surface area contributed by atoms with Crippen molar-refractivity contribution in [2.24, 2.45) is 11.7 Å². The van der Waals surface area contributed by atoms with Crippen LogP contribution in [0.4, 0.5) is 10.5 Å². The van der Waals surface area contributed by atoms with Crippen LogP contribution in [0.15, 0.2) is 24.3 Å². The SMILES string of the molecule is [B]C[C@H](C)NC(=O)[C@H](CCCNC(N)=O)NC(=O)C(NC(=O)c1ccc(NC(=O)CCl)cc1)C(C)C. The minimum absolute atomic E-state index is 0.195. The quantitative estimate of drug-likeness (QED) is 0.120. The van der Waals surface area contributed by atoms with E-state index in [0.717, 1.165) is 0 Å². The molecule has 36 heavy (non-hydrogen) atoms. The molecule has 0 aliphatic carbocycles. The van der Waals surface area contributed by atoms with Crippen LogP contribution in [-0.4, -0.2) is 68.1 Å². The smallest absolute Gasteiger partial charge is 0.312 e. The highest BCUT2D eigenvalue weighted by molar-refractivity contribution is 6.29. The molecule has 1 unspecified atom stereocenters. The standard InChI is InChI=1S/C23H34BClN6O5/c1-13(2)19(31-20(33)15-6-8-16(9-7-15)29-18(32)12-25)22(35)30-17(5-4-10-27-23(26)36)21(34)28-14(3)11-24/h6-9,13-14,17,19H,4-5,10-12H2,1-3H3,(H,28,34)(H,29,32)(H,30,35)(H,31,33)(H3,26,27,36)/t14-,17-,19?/m0/s1. The molecular formula is C23H34BClN6O5. The van der Waals surface area contributed by atoms with Gasteiger partial charge in [0.2, 0.25) is 17.7 Å². The lowest BCUT2D eigenvalue weighted by Gasteiger charge is -2.26. The van der Waals surface area contributed by atoms with Crippen LogP contribution >= 0.6 is 11.6 Å². The van der Waals surface area contributed by atoms with Crippen LogP contribution in [0, 0.1) is 5.92 Å². The van der Waals surface area contributed by atoms with Gasteiger partial charge in [-0.05, 0) is 49.9 Å². The Labute approximate surface area is 217 Å². The molecule has 0 saturated heterocycles. The zero-order valence-electron chi connectivity index (χ0n) is 20.7. The lowest BCUT2D eigenvalue weighted by atomic mass is 9.98. The molecule has 11 nitrogen and oxygen atoms in total. The zero-order valence-corrected chi connectivity index (χ0v) is 21.5. The molecule has 2 radical (unpaired) electrons. The number of alkyl halides is 1. The normalized spacial score (nSPS) is 13.1. The molecule has 0 aliphatic rings. The summed E-state index contributed by atoms with van der Waals surface area (Å²) in [4.78, 5) is 60.9. The number of benzene rings is 1. The largest absolute Gasteiger partial charge is 0.353 e. The van der Waals surface area contributed by atoms with Crippen molar-refractivity contribution in [2.75, 3.05) is 17.7 Å². The van der Waals surface area contributed by atoms with Crippen LogP contribution in [-0.2, 0) is 14.4 Å². The van der Waals surface area contributed by atoms with Crippen molar-refractivity contribution in [1.82, 2.24) is 21.3 Å². The molecule has 0 heterocycles. The number of nitrogens with one attached hydrogen (secondary N) is 5. The van der Waals surface area contributed by atoms with Crippen molar-refractivity contribution in [2.45, 2.75) is 58.1 Å². The number of primary amides is 1. The number of nitrogens with two attached hydrogens (primary N) is 1. The fourth-order valence-corrected chi connectivity index (χ4v) is 3.18. The molecule has 6 amide bonds. The number of carbonyl (C=O) groups is 5. The van der Waals surface area contributed by atoms with E-state index in [1.165, 1.54) is 12.1 Å². The molecule has 1 aromatic rings. The zero-order chi connectivity index (χ0) is 27.3. The topological polar surface area (TPSA) is 172 Å². The lowest BCUT2D eigenvalue weighted by molar-refractivity contribution is -0.131. The van der Waals surface area contributed by atoms with E-state index in [1.807, 2.05) is 0 Å². The molecule has 7 N–H and O–H groups in total. The summed E-state index contributed by atoms with van der Waals surface area (Å²) >= 11 is 5.47. The Bertz CT molecular complexity index is 915. The molecule has 13 heteroatoms. The highest BCUT2D eigenvalue weighted by atomic mass is 35.5. The van der Waals surface area contributed by atoms with E-state index in [1.54, 1.807) is 32.9 Å². The fraction of sp³-hybridized carbons (Fsp3) is 0.522. The number of amides is 6. The van der Waals surface area contributed by atoms with Crippen molar-refractivity contribution in [3.63, 3.8) is 0 Å². The van der Waals surface area contributed by atoms with E-state index in [2.05, 4.69) is 26.6 Å². The van der Waals surface area contributed by atoms with E-state index >= 15 is 0 Å². The van der Waals surface area contributed by atoms with Crippen LogP contribution in [0.2, 0.25) is 6.32 Å². The van der Waals surface area contributed by atoms with E-state index in [0.29, 0.717) is 12.1 Å². The summed E-state index contributed by atoms with van der Waals surface area (Å²) in [6.45, 7) is 5.48. The molecule has 196 valence electrons. The van der Waals surface area contributed by atoms with Gasteiger partial charge >= 0.3 is 6.03 Å². The van der Waals surface area contributed by atoms with Gasteiger partial charge in [0.05, 0.1) is 7.85 Å². The van der Waals surface area contributed by atoms with E-state index in [4.69, 9.17) is 25.2 Å². The molecule has 1 aromatic carbocycles. The molecule has 0 fully saturated rings. The van der Waals surface area contributed by atoms with E-state index in [-0.39, 0.29) is 48.6 Å². The number of urea groups is 1. The second kappa shape index (κ2) is 15.7. The number of hydrogen-bond acceptors (Lipinski definition) is 5. The summed E-state index contributed by atoms with van der Waals surface area (Å²) in [6.07, 6.45) is 0.821. The first-order chi connectivity index (χ1) is 17.0. The average Bonchev–Trinajstić information content (AvgIpc) is 2.83. The Kier molecular flexibility index (Phi) is 13.4. The third kappa shape index (κ3) is 11.0. The predicted octanol–water partition coefficient (Wildman–Crippen LogP) is 0.643. The molecule has 0 spiro atoms. The Balaban J connectivity index is 2.90. The first kappa shape index (κ1) is 30.8. The monoisotopic (exact) mass is 520 g/mol. The van der Waals surface area contributed by atoms with Crippen molar-refractivity contribution in [3.05, 3.63) is 29.8 Å². The van der Waals surface area contributed by atoms with Gasteiger partial charge in [-0.2, -0.15) is 0 Å². The van der Waals surface area contributed by atoms with Crippen molar-refractivity contribution in [1.29, 1.82) is 0 Å². The second-order valence-corrected chi connectivity index (χ2v) is 8.86. The molecule has 0 bridgehead atoms. The maximum Gasteiger partial charge on any atom is 0.312 e. The van der Waals surface area contributed by atoms with Crippen molar-refractivity contribution >= 4 is 54.8 Å². The van der Waals surface area contributed by atoms with Crippen LogP contribution in [0.5, 0.6) is 0 Å². The highest BCUT2D eigenvalue weighted by Gasteiger charge is 2.29. The lowest BCUT2D eigenvalue weighted by Crippen LogP contribution is -2.56. The minimum Gasteiger partial charge on any atom is -0.353 e. The Morgan fingerprint density at radius 3 is 2.14 bits per heavy atom.